The zero-order chi connectivity index (χ0) is 22.4. The minimum Gasteiger partial charge on any atom is -0.344 e. The molecule has 0 spiro atoms. The van der Waals surface area contributed by atoms with Crippen LogP contribution < -0.4 is 5.32 Å². The van der Waals surface area contributed by atoms with Gasteiger partial charge in [0.2, 0.25) is 16.7 Å². The first-order valence-electron chi connectivity index (χ1n) is 10.1. The van der Waals surface area contributed by atoms with Crippen molar-refractivity contribution >= 4 is 27.3 Å². The SMILES string of the molecule is CS(=O)(=O)C1(c2nsc(C(=O)NC34CC(c5nc(-c6ccc(F)cc6)no5)(C3)C4)n2)CC1. The number of sulfone groups is 1. The molecule has 2 aromatic heterocycles. The van der Waals surface area contributed by atoms with Gasteiger partial charge in [0.1, 0.15) is 10.6 Å². The lowest BCUT2D eigenvalue weighted by atomic mass is 9.39. The van der Waals surface area contributed by atoms with E-state index in [1.54, 1.807) is 12.1 Å². The lowest BCUT2D eigenvalue weighted by Crippen LogP contribution is -2.76. The Morgan fingerprint density at radius 2 is 1.84 bits per heavy atom. The molecule has 7 rings (SSSR count). The molecule has 2 heterocycles. The van der Waals surface area contributed by atoms with E-state index in [9.17, 15) is 17.6 Å². The van der Waals surface area contributed by atoms with Crippen molar-refractivity contribution in [2.75, 3.05) is 6.26 Å². The molecule has 1 amide bonds. The number of nitrogens with one attached hydrogen (secondary N) is 1. The normalized spacial score (nSPS) is 27.3. The van der Waals surface area contributed by atoms with Gasteiger partial charge in [-0.15, -0.1) is 0 Å². The minimum atomic E-state index is -3.33. The average molecular weight is 476 g/mol. The molecule has 4 saturated carbocycles. The lowest BCUT2D eigenvalue weighted by Gasteiger charge is -2.68. The molecule has 2 bridgehead atoms. The van der Waals surface area contributed by atoms with E-state index in [4.69, 9.17) is 4.52 Å². The Labute approximate surface area is 186 Å². The third kappa shape index (κ3) is 2.78. The van der Waals surface area contributed by atoms with Gasteiger partial charge in [-0.3, -0.25) is 4.79 Å². The molecule has 4 fully saturated rings. The second kappa shape index (κ2) is 6.19. The Morgan fingerprint density at radius 3 is 2.47 bits per heavy atom. The van der Waals surface area contributed by atoms with Crippen LogP contribution in [-0.4, -0.2) is 45.6 Å². The van der Waals surface area contributed by atoms with Gasteiger partial charge in [-0.25, -0.2) is 17.8 Å². The molecule has 4 aliphatic rings. The number of aromatic nitrogens is 4. The molecule has 12 heteroatoms. The number of halogens is 1. The van der Waals surface area contributed by atoms with Gasteiger partial charge in [-0.05, 0) is 67.9 Å². The fraction of sp³-hybridized carbons (Fsp3) is 0.450. The highest BCUT2D eigenvalue weighted by Gasteiger charge is 2.72. The van der Waals surface area contributed by atoms with Crippen LogP contribution in [0.1, 0.15) is 53.6 Å². The standard InChI is InChI=1S/C20H18FN5O4S2/c1-32(28,29)20(6-7-20)16-23-15(31-26-16)14(27)24-19-8-18(9-19,10-19)17-22-13(25-30-17)11-2-4-12(21)5-3-11/h2-5H,6-10H2,1H3,(H,24,27). The number of hydrogen-bond acceptors (Lipinski definition) is 9. The summed E-state index contributed by atoms with van der Waals surface area (Å²) in [5.74, 6) is 0.479. The Kier molecular flexibility index (Phi) is 3.85. The van der Waals surface area contributed by atoms with Crippen LogP contribution in [0, 0.1) is 5.82 Å². The molecule has 1 N–H and O–H groups in total. The molecule has 0 atom stereocenters. The third-order valence-corrected chi connectivity index (χ3v) is 9.56. The molecule has 0 unspecified atom stereocenters. The van der Waals surface area contributed by atoms with E-state index in [1.165, 1.54) is 18.4 Å². The van der Waals surface area contributed by atoms with Crippen LogP contribution >= 0.6 is 11.5 Å². The summed E-state index contributed by atoms with van der Waals surface area (Å²) in [7, 11) is -3.33. The van der Waals surface area contributed by atoms with Crippen LogP contribution in [0.5, 0.6) is 0 Å². The van der Waals surface area contributed by atoms with Crippen molar-refractivity contribution in [3.8, 4) is 11.4 Å². The number of amides is 1. The summed E-state index contributed by atoms with van der Waals surface area (Å²) in [4.78, 5) is 21.4. The van der Waals surface area contributed by atoms with Gasteiger partial charge in [-0.1, -0.05) is 5.16 Å². The topological polar surface area (TPSA) is 128 Å². The molecule has 32 heavy (non-hydrogen) atoms. The highest BCUT2D eigenvalue weighted by Crippen LogP contribution is 2.67. The van der Waals surface area contributed by atoms with Crippen LogP contribution in [0.25, 0.3) is 11.4 Å². The second-order valence-electron chi connectivity index (χ2n) is 9.16. The molecule has 9 nitrogen and oxygen atoms in total. The second-order valence-corrected chi connectivity index (χ2v) is 12.2. The number of carbonyl (C=O) groups is 1. The lowest BCUT2D eigenvalue weighted by molar-refractivity contribution is -0.0985. The fourth-order valence-electron chi connectivity index (χ4n) is 4.97. The maximum Gasteiger partial charge on any atom is 0.282 e. The van der Waals surface area contributed by atoms with Crippen molar-refractivity contribution in [3.05, 3.63) is 46.8 Å². The van der Waals surface area contributed by atoms with Gasteiger partial charge in [-0.2, -0.15) is 9.36 Å². The zero-order valence-corrected chi connectivity index (χ0v) is 18.6. The molecule has 0 aliphatic heterocycles. The van der Waals surface area contributed by atoms with Crippen molar-refractivity contribution in [1.29, 1.82) is 0 Å². The third-order valence-electron chi connectivity index (χ3n) is 6.83. The first-order valence-corrected chi connectivity index (χ1v) is 12.8. The summed E-state index contributed by atoms with van der Waals surface area (Å²) >= 11 is 0.925. The van der Waals surface area contributed by atoms with Gasteiger partial charge in [0.05, 0.1) is 5.41 Å². The van der Waals surface area contributed by atoms with Crippen LogP contribution in [0.3, 0.4) is 0 Å². The Bertz CT molecular complexity index is 1340. The van der Waals surface area contributed by atoms with Crippen molar-refractivity contribution in [1.82, 2.24) is 24.8 Å². The van der Waals surface area contributed by atoms with Gasteiger partial charge in [0.25, 0.3) is 5.91 Å². The minimum absolute atomic E-state index is 0.171. The van der Waals surface area contributed by atoms with Crippen LogP contribution in [0.2, 0.25) is 0 Å². The van der Waals surface area contributed by atoms with E-state index >= 15 is 0 Å². The summed E-state index contributed by atoms with van der Waals surface area (Å²) < 4.78 is 45.8. The van der Waals surface area contributed by atoms with Crippen molar-refractivity contribution < 1.29 is 22.1 Å². The number of nitrogens with zero attached hydrogens (tertiary/aromatic N) is 4. The van der Waals surface area contributed by atoms with Crippen molar-refractivity contribution in [2.24, 2.45) is 0 Å². The van der Waals surface area contributed by atoms with E-state index in [-0.39, 0.29) is 33.5 Å². The molecule has 4 aliphatic carbocycles. The molecule has 166 valence electrons. The zero-order valence-electron chi connectivity index (χ0n) is 17.0. The summed E-state index contributed by atoms with van der Waals surface area (Å²) in [6.07, 6.45) is 4.18. The van der Waals surface area contributed by atoms with Gasteiger partial charge in [0, 0.05) is 17.4 Å². The Morgan fingerprint density at radius 1 is 1.16 bits per heavy atom. The van der Waals surface area contributed by atoms with Crippen molar-refractivity contribution in [3.63, 3.8) is 0 Å². The first kappa shape index (κ1) is 19.9. The van der Waals surface area contributed by atoms with Crippen LogP contribution in [-0.2, 0) is 20.0 Å². The summed E-state index contributed by atoms with van der Waals surface area (Å²) in [5, 5.41) is 7.21. The average Bonchev–Trinajstić information content (AvgIpc) is 3.14. The number of rotatable bonds is 6. The largest absolute Gasteiger partial charge is 0.344 e. The monoisotopic (exact) mass is 475 g/mol. The maximum atomic E-state index is 13.1. The predicted molar refractivity (Wildman–Crippen MR) is 111 cm³/mol. The molecule has 1 aromatic carbocycles. The van der Waals surface area contributed by atoms with E-state index < -0.39 is 14.6 Å². The highest BCUT2D eigenvalue weighted by atomic mass is 32.2. The fourth-order valence-corrected chi connectivity index (χ4v) is 6.95. The predicted octanol–water partition coefficient (Wildman–Crippen LogP) is 2.37. The molecule has 3 aromatic rings. The van der Waals surface area contributed by atoms with Crippen molar-refractivity contribution in [2.45, 2.75) is 47.8 Å². The van der Waals surface area contributed by atoms with Crippen LogP contribution in [0.4, 0.5) is 4.39 Å². The van der Waals surface area contributed by atoms with E-state index in [0.717, 1.165) is 11.5 Å². The summed E-state index contributed by atoms with van der Waals surface area (Å²) in [6, 6.07) is 5.88. The van der Waals surface area contributed by atoms with Crippen LogP contribution in [0.15, 0.2) is 28.8 Å². The van der Waals surface area contributed by atoms with E-state index in [0.29, 0.717) is 49.4 Å². The molecule has 0 saturated heterocycles. The Balaban J connectivity index is 1.12. The Hall–Kier alpha value is -2.73. The summed E-state index contributed by atoms with van der Waals surface area (Å²) in [5.41, 5.74) is 0.0754. The number of benzene rings is 1. The number of carbonyl (C=O) groups excluding carboxylic acids is 1. The highest BCUT2D eigenvalue weighted by molar-refractivity contribution is 7.91. The molecular weight excluding hydrogens is 457 g/mol. The number of hydrogen-bond donors (Lipinski definition) is 1. The molecular formula is C20H18FN5O4S2. The quantitative estimate of drug-likeness (QED) is 0.575. The van der Waals surface area contributed by atoms with Gasteiger partial charge in [0.15, 0.2) is 15.7 Å². The van der Waals surface area contributed by atoms with Gasteiger partial charge >= 0.3 is 0 Å². The summed E-state index contributed by atoms with van der Waals surface area (Å²) in [6.45, 7) is 0. The first-order chi connectivity index (χ1) is 15.1. The smallest absolute Gasteiger partial charge is 0.282 e. The van der Waals surface area contributed by atoms with Gasteiger partial charge < -0.3 is 9.84 Å². The molecule has 0 radical (unpaired) electrons. The van der Waals surface area contributed by atoms with E-state index in [2.05, 4.69) is 24.8 Å². The maximum absolute atomic E-state index is 13.1. The van der Waals surface area contributed by atoms with E-state index in [1.807, 2.05) is 0 Å².